The molecule has 2 N–H and O–H groups in total. The van der Waals surface area contributed by atoms with Crippen LogP contribution in [0.3, 0.4) is 0 Å². The summed E-state index contributed by atoms with van der Waals surface area (Å²) in [7, 11) is 0. The number of aliphatic carboxylic acids is 2. The molecule has 4 fully saturated rings. The lowest BCUT2D eigenvalue weighted by molar-refractivity contribution is -0.149. The maximum absolute atomic E-state index is 12.3. The summed E-state index contributed by atoms with van der Waals surface area (Å²) >= 11 is 0. The van der Waals surface area contributed by atoms with Gasteiger partial charge in [-0.2, -0.15) is 0 Å². The zero-order valence-electron chi connectivity index (χ0n) is 23.8. The van der Waals surface area contributed by atoms with Crippen LogP contribution in [-0.4, -0.2) is 79.5 Å². The zero-order chi connectivity index (χ0) is 28.4. The fourth-order valence-corrected chi connectivity index (χ4v) is 6.48. The van der Waals surface area contributed by atoms with E-state index in [1.54, 1.807) is 9.80 Å². The summed E-state index contributed by atoms with van der Waals surface area (Å²) in [6.45, 7) is 11.0. The van der Waals surface area contributed by atoms with Gasteiger partial charge in [0, 0.05) is 24.2 Å². The minimum absolute atomic E-state index is 0.157. The fraction of sp³-hybridized carbons (Fsp3) is 0.857. The number of fused-ring (bicyclic) bond motifs is 4. The fourth-order valence-electron chi connectivity index (χ4n) is 6.48. The summed E-state index contributed by atoms with van der Waals surface area (Å²) in [4.78, 5) is 50.7. The van der Waals surface area contributed by atoms with Gasteiger partial charge in [0.05, 0.1) is 11.8 Å². The monoisotopic (exact) mass is 538 g/mol. The number of hydrogen-bond donors (Lipinski definition) is 2. The predicted molar refractivity (Wildman–Crippen MR) is 140 cm³/mol. The molecule has 2 amide bonds. The molecule has 0 unspecified atom stereocenters. The van der Waals surface area contributed by atoms with Crippen LogP contribution in [0.5, 0.6) is 0 Å². The van der Waals surface area contributed by atoms with Crippen molar-refractivity contribution in [3.63, 3.8) is 0 Å². The number of carbonyl (C=O) groups excluding carboxylic acids is 2. The van der Waals surface area contributed by atoms with Crippen molar-refractivity contribution in [2.75, 3.05) is 0 Å². The predicted octanol–water partition coefficient (Wildman–Crippen LogP) is 5.28. The Morgan fingerprint density at radius 2 is 0.921 bits per heavy atom. The molecule has 4 aliphatic rings. The van der Waals surface area contributed by atoms with Gasteiger partial charge >= 0.3 is 24.1 Å². The van der Waals surface area contributed by atoms with Gasteiger partial charge in [-0.3, -0.25) is 9.59 Å². The second-order valence-electron chi connectivity index (χ2n) is 13.1. The Morgan fingerprint density at radius 3 is 1.21 bits per heavy atom. The van der Waals surface area contributed by atoms with Gasteiger partial charge in [0.15, 0.2) is 0 Å². The van der Waals surface area contributed by atoms with E-state index >= 15 is 0 Å². The third-order valence-corrected chi connectivity index (χ3v) is 7.97. The molecule has 4 heterocycles. The topological polar surface area (TPSA) is 134 Å². The Balaban J connectivity index is 0.000000211. The lowest BCUT2D eigenvalue weighted by Gasteiger charge is -2.48. The first kappa shape index (κ1) is 30.0. The number of piperidine rings is 4. The Labute approximate surface area is 226 Å². The molecule has 0 spiro atoms. The van der Waals surface area contributed by atoms with Gasteiger partial charge in [0.25, 0.3) is 0 Å². The minimum Gasteiger partial charge on any atom is -0.481 e. The quantitative estimate of drug-likeness (QED) is 0.485. The third-order valence-electron chi connectivity index (χ3n) is 7.97. The van der Waals surface area contributed by atoms with Gasteiger partial charge in [-0.15, -0.1) is 0 Å². The smallest absolute Gasteiger partial charge is 0.410 e. The van der Waals surface area contributed by atoms with Crippen molar-refractivity contribution < 1.29 is 38.9 Å². The van der Waals surface area contributed by atoms with Crippen molar-refractivity contribution >= 4 is 24.1 Å². The molecule has 10 nitrogen and oxygen atoms in total. The summed E-state index contributed by atoms with van der Waals surface area (Å²) in [5.41, 5.74) is -1.08. The van der Waals surface area contributed by atoms with E-state index in [0.29, 0.717) is 12.8 Å². The maximum atomic E-state index is 12.3. The van der Waals surface area contributed by atoms with Crippen molar-refractivity contribution in [1.82, 2.24) is 9.80 Å². The maximum Gasteiger partial charge on any atom is 0.410 e. The van der Waals surface area contributed by atoms with Crippen LogP contribution < -0.4 is 0 Å². The molecule has 6 atom stereocenters. The summed E-state index contributed by atoms with van der Waals surface area (Å²) in [5, 5.41) is 18.6. The van der Waals surface area contributed by atoms with Crippen LogP contribution in [0, 0.1) is 11.8 Å². The van der Waals surface area contributed by atoms with E-state index < -0.39 is 35.0 Å². The Bertz CT molecular complexity index is 820. The van der Waals surface area contributed by atoms with Crippen LogP contribution in [0.4, 0.5) is 9.59 Å². The number of nitrogens with zero attached hydrogens (tertiary/aromatic N) is 2. The van der Waals surface area contributed by atoms with Crippen molar-refractivity contribution in [2.24, 2.45) is 11.8 Å². The van der Waals surface area contributed by atoms with Crippen molar-refractivity contribution in [2.45, 2.75) is 141 Å². The summed E-state index contributed by atoms with van der Waals surface area (Å²) < 4.78 is 10.9. The average Bonchev–Trinajstić information content (AvgIpc) is 2.76. The van der Waals surface area contributed by atoms with Crippen LogP contribution in [0.15, 0.2) is 0 Å². The van der Waals surface area contributed by atoms with Crippen LogP contribution in [0.1, 0.15) is 106 Å². The normalized spacial score (nSPS) is 30.9. The molecule has 0 saturated carbocycles. The van der Waals surface area contributed by atoms with E-state index in [9.17, 15) is 29.4 Å². The molecule has 0 aromatic carbocycles. The van der Waals surface area contributed by atoms with Crippen molar-refractivity contribution in [3.05, 3.63) is 0 Å². The molecular formula is C28H46N2O8. The van der Waals surface area contributed by atoms with E-state index in [1.165, 1.54) is 0 Å². The molecule has 0 radical (unpaired) electrons. The first-order chi connectivity index (χ1) is 17.6. The number of amides is 2. The average molecular weight is 539 g/mol. The van der Waals surface area contributed by atoms with E-state index in [1.807, 2.05) is 41.5 Å². The van der Waals surface area contributed by atoms with Gasteiger partial charge in [-0.1, -0.05) is 0 Å². The van der Waals surface area contributed by atoms with Gasteiger partial charge in [-0.25, -0.2) is 9.59 Å². The minimum atomic E-state index is -0.793. The molecule has 4 rings (SSSR count). The van der Waals surface area contributed by atoms with Gasteiger partial charge in [0.1, 0.15) is 11.2 Å². The van der Waals surface area contributed by atoms with Crippen LogP contribution in [0.2, 0.25) is 0 Å². The standard InChI is InChI=1S/2C14H23NO4/c2*1-14(2,3)19-13(18)15-9-5-4-6-11(15)10(8-7-9)12(16)17/h2*9-11H,4-8H2,1-3H3,(H,16,17)/t2*9-,10-,11-/m10/s1. The summed E-state index contributed by atoms with van der Waals surface area (Å²) in [5.74, 6) is -2.47. The second kappa shape index (κ2) is 11.7. The van der Waals surface area contributed by atoms with Crippen LogP contribution in [0.25, 0.3) is 0 Å². The van der Waals surface area contributed by atoms with Crippen LogP contribution >= 0.6 is 0 Å². The van der Waals surface area contributed by atoms with E-state index in [4.69, 9.17) is 9.47 Å². The number of hydrogen-bond acceptors (Lipinski definition) is 6. The third kappa shape index (κ3) is 7.32. The highest BCUT2D eigenvalue weighted by Gasteiger charge is 2.47. The highest BCUT2D eigenvalue weighted by molar-refractivity contribution is 5.75. The number of ether oxygens (including phenoxy) is 2. The number of rotatable bonds is 2. The van der Waals surface area contributed by atoms with Gasteiger partial charge in [-0.05, 0) is 106 Å². The summed E-state index contributed by atoms with van der Waals surface area (Å²) in [6.07, 6.45) is 7.63. The van der Waals surface area contributed by atoms with E-state index in [-0.39, 0.29) is 36.4 Å². The van der Waals surface area contributed by atoms with Gasteiger partial charge in [0.2, 0.25) is 0 Å². The van der Waals surface area contributed by atoms with Gasteiger partial charge < -0.3 is 29.5 Å². The molecule has 4 aliphatic heterocycles. The highest BCUT2D eigenvalue weighted by Crippen LogP contribution is 2.39. The molecule has 0 aliphatic carbocycles. The second-order valence-corrected chi connectivity index (χ2v) is 13.1. The molecule has 0 aromatic heterocycles. The molecule has 38 heavy (non-hydrogen) atoms. The number of carboxylic acid groups (broad SMARTS) is 2. The lowest BCUT2D eigenvalue weighted by atomic mass is 9.78. The SMILES string of the molecule is CC(C)(C)OC(=O)N1[C@@H]2CCC[C@@H]1[C@H](C(=O)O)CC2.CC(C)(C)OC(=O)N1[C@H]2CCC[C@H]1[C@@H](C(=O)O)CC2. The highest BCUT2D eigenvalue weighted by atomic mass is 16.6. The number of carboxylic acids is 2. The largest absolute Gasteiger partial charge is 0.481 e. The Morgan fingerprint density at radius 1 is 0.579 bits per heavy atom. The van der Waals surface area contributed by atoms with E-state index in [2.05, 4.69) is 0 Å². The lowest BCUT2D eigenvalue weighted by Crippen LogP contribution is -2.58. The molecule has 216 valence electrons. The Hall–Kier alpha value is -2.52. The molecule has 0 aromatic rings. The summed E-state index contributed by atoms with van der Waals surface area (Å²) in [6, 6.07) is -0.0758. The number of carbonyl (C=O) groups is 4. The molecular weight excluding hydrogens is 492 g/mol. The van der Waals surface area contributed by atoms with Crippen molar-refractivity contribution in [3.8, 4) is 0 Å². The van der Waals surface area contributed by atoms with Crippen LogP contribution in [-0.2, 0) is 19.1 Å². The first-order valence-corrected chi connectivity index (χ1v) is 14.1. The molecule has 4 saturated heterocycles. The van der Waals surface area contributed by atoms with Crippen molar-refractivity contribution in [1.29, 1.82) is 0 Å². The molecule has 4 bridgehead atoms. The van der Waals surface area contributed by atoms with E-state index in [0.717, 1.165) is 51.4 Å². The Kier molecular flexibility index (Phi) is 9.24. The zero-order valence-corrected chi connectivity index (χ0v) is 23.8. The first-order valence-electron chi connectivity index (χ1n) is 14.1. The molecule has 10 heteroatoms.